The second-order valence-electron chi connectivity index (χ2n) is 7.78. The number of amides is 1. The highest BCUT2D eigenvalue weighted by Crippen LogP contribution is 2.41. The Labute approximate surface area is 146 Å². The SMILES string of the molecule is CC(=O)NCC1CCC(CCc2ccccc2)(N2CCCC2)CC1. The summed E-state index contributed by atoms with van der Waals surface area (Å²) >= 11 is 0. The Hall–Kier alpha value is -1.35. The average Bonchev–Trinajstić information content (AvgIpc) is 3.15. The minimum absolute atomic E-state index is 0.107. The predicted molar refractivity (Wildman–Crippen MR) is 98.9 cm³/mol. The Morgan fingerprint density at radius 3 is 2.46 bits per heavy atom. The standard InChI is InChI=1S/C21H32N2O/c1-18(24)22-17-20-10-13-21(14-11-20,23-15-5-6-16-23)12-9-19-7-3-2-4-8-19/h2-4,7-8,20H,5-6,9-17H2,1H3,(H,22,24). The van der Waals surface area contributed by atoms with Crippen molar-refractivity contribution in [3.05, 3.63) is 35.9 Å². The molecule has 3 nitrogen and oxygen atoms in total. The summed E-state index contributed by atoms with van der Waals surface area (Å²) in [5, 5.41) is 3.02. The smallest absolute Gasteiger partial charge is 0.216 e. The summed E-state index contributed by atoms with van der Waals surface area (Å²) in [5.41, 5.74) is 1.87. The van der Waals surface area contributed by atoms with Gasteiger partial charge in [-0.05, 0) is 75.9 Å². The normalized spacial score (nSPS) is 28.0. The summed E-state index contributed by atoms with van der Waals surface area (Å²) in [6.45, 7) is 5.05. The molecule has 0 radical (unpaired) electrons. The zero-order chi connectivity index (χ0) is 16.8. The lowest BCUT2D eigenvalue weighted by Crippen LogP contribution is -2.50. The van der Waals surface area contributed by atoms with Crippen LogP contribution < -0.4 is 5.32 Å². The van der Waals surface area contributed by atoms with Gasteiger partial charge in [0.05, 0.1) is 0 Å². The van der Waals surface area contributed by atoms with E-state index in [-0.39, 0.29) is 5.91 Å². The van der Waals surface area contributed by atoms with Gasteiger partial charge >= 0.3 is 0 Å². The quantitative estimate of drug-likeness (QED) is 0.862. The zero-order valence-corrected chi connectivity index (χ0v) is 15.1. The largest absolute Gasteiger partial charge is 0.356 e. The van der Waals surface area contributed by atoms with Crippen molar-refractivity contribution < 1.29 is 4.79 Å². The molecule has 1 heterocycles. The lowest BCUT2D eigenvalue weighted by molar-refractivity contribution is -0.119. The molecule has 3 heteroatoms. The van der Waals surface area contributed by atoms with E-state index in [1.54, 1.807) is 6.92 Å². The predicted octanol–water partition coefficient (Wildman–Crippen LogP) is 3.78. The molecule has 0 bridgehead atoms. The van der Waals surface area contributed by atoms with Crippen LogP contribution >= 0.6 is 0 Å². The second kappa shape index (κ2) is 8.15. The molecule has 1 aliphatic heterocycles. The van der Waals surface area contributed by atoms with Crippen LogP contribution in [0.4, 0.5) is 0 Å². The van der Waals surface area contributed by atoms with Crippen molar-refractivity contribution in [1.29, 1.82) is 0 Å². The molecule has 0 aromatic heterocycles. The summed E-state index contributed by atoms with van der Waals surface area (Å²) in [5.74, 6) is 0.775. The first-order valence-electron chi connectivity index (χ1n) is 9.71. The molecule has 0 unspecified atom stereocenters. The molecule has 3 rings (SSSR count). The number of carbonyl (C=O) groups excluding carboxylic acids is 1. The number of likely N-dealkylation sites (tertiary alicyclic amines) is 1. The van der Waals surface area contributed by atoms with Crippen molar-refractivity contribution in [2.24, 2.45) is 5.92 Å². The van der Waals surface area contributed by atoms with Crippen molar-refractivity contribution in [3.8, 4) is 0 Å². The molecule has 2 aliphatic rings. The summed E-state index contributed by atoms with van der Waals surface area (Å²) in [6, 6.07) is 10.9. The molecule has 132 valence electrons. The Kier molecular flexibility index (Phi) is 5.94. The first-order chi connectivity index (χ1) is 11.7. The number of aryl methyl sites for hydroxylation is 1. The van der Waals surface area contributed by atoms with E-state index >= 15 is 0 Å². The number of nitrogens with zero attached hydrogens (tertiary/aromatic N) is 1. The van der Waals surface area contributed by atoms with Gasteiger partial charge in [-0.15, -0.1) is 0 Å². The van der Waals surface area contributed by atoms with Crippen LogP contribution in [-0.2, 0) is 11.2 Å². The summed E-state index contributed by atoms with van der Waals surface area (Å²) in [7, 11) is 0. The molecule has 1 aromatic rings. The fourth-order valence-electron chi connectivity index (χ4n) is 4.64. The van der Waals surface area contributed by atoms with Crippen LogP contribution in [0.3, 0.4) is 0 Å². The van der Waals surface area contributed by atoms with Gasteiger partial charge in [-0.2, -0.15) is 0 Å². The highest BCUT2D eigenvalue weighted by molar-refractivity contribution is 5.72. The Morgan fingerprint density at radius 1 is 1.17 bits per heavy atom. The van der Waals surface area contributed by atoms with Crippen molar-refractivity contribution >= 4 is 5.91 Å². The van der Waals surface area contributed by atoms with Gasteiger partial charge in [0, 0.05) is 19.0 Å². The lowest BCUT2D eigenvalue weighted by atomic mass is 9.72. The molecular formula is C21H32N2O. The van der Waals surface area contributed by atoms with Gasteiger partial charge in [0.15, 0.2) is 0 Å². The summed E-state index contributed by atoms with van der Waals surface area (Å²) < 4.78 is 0. The number of nitrogens with one attached hydrogen (secondary N) is 1. The zero-order valence-electron chi connectivity index (χ0n) is 15.1. The Balaban J connectivity index is 1.61. The fraction of sp³-hybridized carbons (Fsp3) is 0.667. The monoisotopic (exact) mass is 328 g/mol. The highest BCUT2D eigenvalue weighted by Gasteiger charge is 2.40. The third-order valence-corrected chi connectivity index (χ3v) is 6.17. The average molecular weight is 329 g/mol. The molecule has 0 atom stereocenters. The minimum Gasteiger partial charge on any atom is -0.356 e. The number of benzene rings is 1. The third kappa shape index (κ3) is 4.38. The van der Waals surface area contributed by atoms with Crippen molar-refractivity contribution in [2.45, 2.75) is 63.8 Å². The first-order valence-corrected chi connectivity index (χ1v) is 9.71. The molecular weight excluding hydrogens is 296 g/mol. The van der Waals surface area contributed by atoms with Crippen LogP contribution in [0.15, 0.2) is 30.3 Å². The van der Waals surface area contributed by atoms with Crippen LogP contribution in [-0.4, -0.2) is 36.0 Å². The number of hydrogen-bond acceptors (Lipinski definition) is 2. The van der Waals surface area contributed by atoms with Gasteiger partial charge in [0.25, 0.3) is 0 Å². The van der Waals surface area contributed by atoms with E-state index in [1.807, 2.05) is 0 Å². The van der Waals surface area contributed by atoms with E-state index in [1.165, 1.54) is 70.0 Å². The molecule has 1 aliphatic carbocycles. The Morgan fingerprint density at radius 2 is 1.83 bits per heavy atom. The van der Waals surface area contributed by atoms with Crippen LogP contribution in [0, 0.1) is 5.92 Å². The maximum atomic E-state index is 11.2. The van der Waals surface area contributed by atoms with Gasteiger partial charge in [-0.3, -0.25) is 9.69 Å². The second-order valence-corrected chi connectivity index (χ2v) is 7.78. The maximum Gasteiger partial charge on any atom is 0.216 e. The molecule has 1 saturated carbocycles. The minimum atomic E-state index is 0.107. The van der Waals surface area contributed by atoms with Crippen molar-refractivity contribution in [3.63, 3.8) is 0 Å². The Bertz CT molecular complexity index is 514. The van der Waals surface area contributed by atoms with Crippen LogP contribution in [0.5, 0.6) is 0 Å². The molecule has 24 heavy (non-hydrogen) atoms. The van der Waals surface area contributed by atoms with E-state index in [0.29, 0.717) is 11.5 Å². The van der Waals surface area contributed by atoms with Crippen molar-refractivity contribution in [1.82, 2.24) is 10.2 Å². The maximum absolute atomic E-state index is 11.2. The molecule has 1 aromatic carbocycles. The topological polar surface area (TPSA) is 32.3 Å². The van der Waals surface area contributed by atoms with Crippen molar-refractivity contribution in [2.75, 3.05) is 19.6 Å². The third-order valence-electron chi connectivity index (χ3n) is 6.17. The summed E-state index contributed by atoms with van der Waals surface area (Å²) in [6.07, 6.45) is 10.3. The van der Waals surface area contributed by atoms with Gasteiger partial charge in [0.1, 0.15) is 0 Å². The molecule has 0 spiro atoms. The number of rotatable bonds is 6. The van der Waals surface area contributed by atoms with E-state index in [9.17, 15) is 4.79 Å². The molecule has 1 amide bonds. The van der Waals surface area contributed by atoms with Crippen LogP contribution in [0.2, 0.25) is 0 Å². The van der Waals surface area contributed by atoms with Crippen LogP contribution in [0.1, 0.15) is 57.4 Å². The molecule has 1 N–H and O–H groups in total. The van der Waals surface area contributed by atoms with Gasteiger partial charge in [-0.1, -0.05) is 30.3 Å². The number of carbonyl (C=O) groups is 1. The van der Waals surface area contributed by atoms with Gasteiger partial charge in [-0.25, -0.2) is 0 Å². The summed E-state index contributed by atoms with van der Waals surface area (Å²) in [4.78, 5) is 14.0. The van der Waals surface area contributed by atoms with Gasteiger partial charge < -0.3 is 5.32 Å². The highest BCUT2D eigenvalue weighted by atomic mass is 16.1. The van der Waals surface area contributed by atoms with Gasteiger partial charge in [0.2, 0.25) is 5.91 Å². The fourth-order valence-corrected chi connectivity index (χ4v) is 4.64. The molecule has 1 saturated heterocycles. The van der Waals surface area contributed by atoms with E-state index in [0.717, 1.165) is 6.54 Å². The molecule has 2 fully saturated rings. The van der Waals surface area contributed by atoms with E-state index < -0.39 is 0 Å². The van der Waals surface area contributed by atoms with E-state index in [4.69, 9.17) is 0 Å². The lowest BCUT2D eigenvalue weighted by Gasteiger charge is -2.47. The van der Waals surface area contributed by atoms with Crippen LogP contribution in [0.25, 0.3) is 0 Å². The van der Waals surface area contributed by atoms with E-state index in [2.05, 4.69) is 40.5 Å². The number of hydrogen-bond donors (Lipinski definition) is 1. The first kappa shape index (κ1) is 17.5.